The quantitative estimate of drug-likeness (QED) is 0.719. The van der Waals surface area contributed by atoms with Gasteiger partial charge in [0.1, 0.15) is 5.82 Å². The van der Waals surface area contributed by atoms with Gasteiger partial charge in [0, 0.05) is 13.6 Å². The Morgan fingerprint density at radius 1 is 1.35 bits per heavy atom. The largest absolute Gasteiger partial charge is 0.317 e. The Kier molecular flexibility index (Phi) is 6.38. The first-order valence-electron chi connectivity index (χ1n) is 6.57. The van der Waals surface area contributed by atoms with Crippen molar-refractivity contribution in [3.63, 3.8) is 0 Å². The SMILES string of the molecule is CCNCCCN(C)S(=O)(=O)Nc1ccc(C)c(F)c1. The van der Waals surface area contributed by atoms with Crippen LogP contribution in [0.15, 0.2) is 18.2 Å². The summed E-state index contributed by atoms with van der Waals surface area (Å²) in [4.78, 5) is 0. The van der Waals surface area contributed by atoms with Gasteiger partial charge < -0.3 is 5.32 Å². The summed E-state index contributed by atoms with van der Waals surface area (Å²) in [7, 11) is -2.14. The maximum Gasteiger partial charge on any atom is 0.301 e. The number of halogens is 1. The molecule has 0 radical (unpaired) electrons. The molecule has 114 valence electrons. The highest BCUT2D eigenvalue weighted by molar-refractivity contribution is 7.90. The molecule has 0 aliphatic heterocycles. The minimum atomic E-state index is -3.64. The van der Waals surface area contributed by atoms with E-state index < -0.39 is 16.0 Å². The zero-order valence-corrected chi connectivity index (χ0v) is 12.9. The molecule has 0 aliphatic carbocycles. The van der Waals surface area contributed by atoms with E-state index in [2.05, 4.69) is 10.0 Å². The minimum absolute atomic E-state index is 0.228. The van der Waals surface area contributed by atoms with Crippen LogP contribution in [-0.4, -0.2) is 39.4 Å². The van der Waals surface area contributed by atoms with Crippen LogP contribution < -0.4 is 10.0 Å². The Labute approximate surface area is 120 Å². The number of hydrogen-bond donors (Lipinski definition) is 2. The van der Waals surface area contributed by atoms with Gasteiger partial charge >= 0.3 is 10.2 Å². The Morgan fingerprint density at radius 3 is 2.65 bits per heavy atom. The molecule has 7 heteroatoms. The van der Waals surface area contributed by atoms with Crippen LogP contribution >= 0.6 is 0 Å². The van der Waals surface area contributed by atoms with E-state index in [0.29, 0.717) is 18.5 Å². The van der Waals surface area contributed by atoms with Gasteiger partial charge in [-0.1, -0.05) is 13.0 Å². The molecule has 2 N–H and O–H groups in total. The number of nitrogens with zero attached hydrogens (tertiary/aromatic N) is 1. The zero-order chi connectivity index (χ0) is 15.2. The summed E-state index contributed by atoms with van der Waals surface area (Å²) >= 11 is 0. The zero-order valence-electron chi connectivity index (χ0n) is 12.1. The number of rotatable bonds is 8. The van der Waals surface area contributed by atoms with Crippen molar-refractivity contribution in [3.05, 3.63) is 29.6 Å². The van der Waals surface area contributed by atoms with Crippen molar-refractivity contribution < 1.29 is 12.8 Å². The van der Waals surface area contributed by atoms with Crippen molar-refractivity contribution in [2.75, 3.05) is 31.4 Å². The summed E-state index contributed by atoms with van der Waals surface area (Å²) < 4.78 is 41.0. The Hall–Kier alpha value is -1.18. The molecule has 0 amide bonds. The molecule has 5 nitrogen and oxygen atoms in total. The normalized spacial score (nSPS) is 11.8. The molecule has 0 aromatic heterocycles. The number of aryl methyl sites for hydroxylation is 1. The van der Waals surface area contributed by atoms with Crippen molar-refractivity contribution in [2.24, 2.45) is 0 Å². The highest BCUT2D eigenvalue weighted by atomic mass is 32.2. The Balaban J connectivity index is 2.61. The summed E-state index contributed by atoms with van der Waals surface area (Å²) in [6.07, 6.45) is 0.716. The highest BCUT2D eigenvalue weighted by Gasteiger charge is 2.17. The molecule has 0 fully saturated rings. The number of benzene rings is 1. The van der Waals surface area contributed by atoms with Crippen LogP contribution in [0.3, 0.4) is 0 Å². The lowest BCUT2D eigenvalue weighted by molar-refractivity contribution is 0.459. The van der Waals surface area contributed by atoms with Gasteiger partial charge in [0.05, 0.1) is 5.69 Å². The summed E-state index contributed by atoms with van der Waals surface area (Å²) in [5.74, 6) is -0.431. The third-order valence-electron chi connectivity index (χ3n) is 2.91. The van der Waals surface area contributed by atoms with E-state index in [4.69, 9.17) is 0 Å². The van der Waals surface area contributed by atoms with E-state index in [1.165, 1.54) is 17.4 Å². The van der Waals surface area contributed by atoms with E-state index in [1.807, 2.05) is 6.92 Å². The van der Waals surface area contributed by atoms with Crippen LogP contribution in [0.4, 0.5) is 10.1 Å². The molecule has 0 saturated carbocycles. The molecule has 0 heterocycles. The molecule has 20 heavy (non-hydrogen) atoms. The van der Waals surface area contributed by atoms with Crippen LogP contribution in [0.1, 0.15) is 18.9 Å². The summed E-state index contributed by atoms with van der Waals surface area (Å²) in [5, 5.41) is 3.13. The first-order chi connectivity index (χ1) is 9.36. The lowest BCUT2D eigenvalue weighted by atomic mass is 10.2. The van der Waals surface area contributed by atoms with Crippen molar-refractivity contribution in [1.29, 1.82) is 0 Å². The second-order valence-corrected chi connectivity index (χ2v) is 6.38. The molecule has 1 aromatic rings. The first kappa shape index (κ1) is 16.9. The predicted octanol–water partition coefficient (Wildman–Crippen LogP) is 1.72. The molecule has 1 aromatic carbocycles. The Bertz CT molecular complexity index is 534. The predicted molar refractivity (Wildman–Crippen MR) is 79.5 cm³/mol. The fourth-order valence-corrected chi connectivity index (χ4v) is 2.56. The Morgan fingerprint density at radius 2 is 2.05 bits per heavy atom. The average Bonchev–Trinajstić information content (AvgIpc) is 2.38. The molecule has 0 unspecified atom stereocenters. The molecule has 0 aliphatic rings. The van der Waals surface area contributed by atoms with E-state index in [-0.39, 0.29) is 5.69 Å². The molecule has 0 bridgehead atoms. The lowest BCUT2D eigenvalue weighted by Gasteiger charge is -2.18. The number of hydrogen-bond acceptors (Lipinski definition) is 3. The number of nitrogens with one attached hydrogen (secondary N) is 2. The third-order valence-corrected chi connectivity index (χ3v) is 4.40. The average molecular weight is 303 g/mol. The van der Waals surface area contributed by atoms with E-state index in [9.17, 15) is 12.8 Å². The van der Waals surface area contributed by atoms with Gasteiger partial charge in [-0.15, -0.1) is 0 Å². The maximum atomic E-state index is 13.4. The van der Waals surface area contributed by atoms with Gasteiger partial charge in [-0.05, 0) is 44.1 Å². The third kappa shape index (κ3) is 5.07. The van der Waals surface area contributed by atoms with Crippen LogP contribution in [0.2, 0.25) is 0 Å². The van der Waals surface area contributed by atoms with Crippen LogP contribution in [0, 0.1) is 12.7 Å². The second-order valence-electron chi connectivity index (χ2n) is 4.60. The summed E-state index contributed by atoms with van der Waals surface area (Å²) in [5.41, 5.74) is 0.707. The van der Waals surface area contributed by atoms with Crippen molar-refractivity contribution in [1.82, 2.24) is 9.62 Å². The van der Waals surface area contributed by atoms with Crippen molar-refractivity contribution in [3.8, 4) is 0 Å². The smallest absolute Gasteiger partial charge is 0.301 e. The summed E-state index contributed by atoms with van der Waals surface area (Å²) in [6.45, 7) is 5.64. The van der Waals surface area contributed by atoms with Gasteiger partial charge in [-0.2, -0.15) is 12.7 Å². The monoisotopic (exact) mass is 303 g/mol. The first-order valence-corrected chi connectivity index (χ1v) is 8.01. The van der Waals surface area contributed by atoms with Gasteiger partial charge in [-0.3, -0.25) is 4.72 Å². The van der Waals surface area contributed by atoms with E-state index in [0.717, 1.165) is 13.1 Å². The minimum Gasteiger partial charge on any atom is -0.317 e. The van der Waals surface area contributed by atoms with E-state index in [1.54, 1.807) is 19.1 Å². The molecule has 1 rings (SSSR count). The molecule has 0 saturated heterocycles. The van der Waals surface area contributed by atoms with Gasteiger partial charge in [0.2, 0.25) is 0 Å². The van der Waals surface area contributed by atoms with Gasteiger partial charge in [-0.25, -0.2) is 4.39 Å². The van der Waals surface area contributed by atoms with Gasteiger partial charge in [0.25, 0.3) is 0 Å². The van der Waals surface area contributed by atoms with Crippen molar-refractivity contribution >= 4 is 15.9 Å². The molecular weight excluding hydrogens is 281 g/mol. The van der Waals surface area contributed by atoms with E-state index >= 15 is 0 Å². The van der Waals surface area contributed by atoms with Crippen LogP contribution in [0.25, 0.3) is 0 Å². The maximum absolute atomic E-state index is 13.4. The molecule has 0 atom stereocenters. The van der Waals surface area contributed by atoms with Crippen LogP contribution in [0.5, 0.6) is 0 Å². The number of anilines is 1. The standard InChI is InChI=1S/C13H22FN3O2S/c1-4-15-8-5-9-17(3)20(18,19)16-12-7-6-11(2)13(14)10-12/h6-7,10,15-16H,4-5,8-9H2,1-3H3. The second kappa shape index (κ2) is 7.56. The lowest BCUT2D eigenvalue weighted by Crippen LogP contribution is -2.34. The molecule has 0 spiro atoms. The fourth-order valence-electron chi connectivity index (χ4n) is 1.61. The van der Waals surface area contributed by atoms with Crippen molar-refractivity contribution in [2.45, 2.75) is 20.3 Å². The molecular formula is C13H22FN3O2S. The fraction of sp³-hybridized carbons (Fsp3) is 0.538. The topological polar surface area (TPSA) is 61.4 Å². The van der Waals surface area contributed by atoms with Crippen LogP contribution in [-0.2, 0) is 10.2 Å². The van der Waals surface area contributed by atoms with Gasteiger partial charge in [0.15, 0.2) is 0 Å². The highest BCUT2D eigenvalue weighted by Crippen LogP contribution is 2.15. The summed E-state index contributed by atoms with van der Waals surface area (Å²) in [6, 6.07) is 4.26.